The lowest BCUT2D eigenvalue weighted by atomic mass is 10.2. The van der Waals surface area contributed by atoms with Gasteiger partial charge in [0.25, 0.3) is 0 Å². The van der Waals surface area contributed by atoms with Crippen molar-refractivity contribution >= 4 is 23.4 Å². The van der Waals surface area contributed by atoms with Gasteiger partial charge in [0.1, 0.15) is 0 Å². The molecule has 1 atom stereocenters. The molecule has 2 heterocycles. The van der Waals surface area contributed by atoms with Crippen LogP contribution >= 0.6 is 23.4 Å². The van der Waals surface area contributed by atoms with Gasteiger partial charge in [-0.1, -0.05) is 0 Å². The van der Waals surface area contributed by atoms with E-state index in [1.54, 1.807) is 11.3 Å². The average molecular weight is 188 g/mol. The minimum Gasteiger partial charge on any atom is -0.221 e. The quantitative estimate of drug-likeness (QED) is 0.460. The second kappa shape index (κ2) is 3.15. The van der Waals surface area contributed by atoms with Gasteiger partial charge in [-0.2, -0.15) is 15.7 Å². The van der Waals surface area contributed by atoms with Gasteiger partial charge in [0, 0.05) is 11.8 Å². The first-order valence-electron chi connectivity index (χ1n) is 3.41. The highest BCUT2D eigenvalue weighted by molar-refractivity contribution is 7.94. The molecule has 1 aromatic rings. The second-order valence-corrected chi connectivity index (χ2v) is 4.01. The molecule has 0 bridgehead atoms. The molecule has 0 amide bonds. The fourth-order valence-electron chi connectivity index (χ4n) is 1.00. The normalized spacial score (nSPS) is 24.3. The van der Waals surface area contributed by atoms with Gasteiger partial charge < -0.3 is 0 Å². The van der Waals surface area contributed by atoms with E-state index in [1.165, 1.54) is 22.5 Å². The lowest BCUT2D eigenvalue weighted by Gasteiger charge is -2.03. The Hall–Kier alpha value is -0.0300. The van der Waals surface area contributed by atoms with E-state index in [1.807, 2.05) is 6.92 Å². The summed E-state index contributed by atoms with van der Waals surface area (Å²) in [6.07, 6.45) is 1.12. The van der Waals surface area contributed by atoms with Crippen LogP contribution in [0.5, 0.6) is 0 Å². The van der Waals surface area contributed by atoms with Crippen LogP contribution in [0.15, 0.2) is 15.7 Å². The van der Waals surface area contributed by atoms with Crippen molar-refractivity contribution in [3.8, 4) is 0 Å². The van der Waals surface area contributed by atoms with Gasteiger partial charge in [-0.25, -0.2) is 4.89 Å². The van der Waals surface area contributed by atoms with Gasteiger partial charge in [-0.15, -0.1) is 0 Å². The smallest absolute Gasteiger partial charge is 0.0955 e. The second-order valence-electron chi connectivity index (χ2n) is 2.52. The van der Waals surface area contributed by atoms with Crippen LogP contribution in [-0.4, -0.2) is 6.10 Å². The predicted molar refractivity (Wildman–Crippen MR) is 45.5 cm³/mol. The van der Waals surface area contributed by atoms with Crippen LogP contribution in [0, 0.1) is 0 Å². The molecule has 2 rings (SSSR count). The molecular formula is C7H8O2S2. The number of hydrogen-bond donors (Lipinski definition) is 0. The Bertz CT molecular complexity index is 246. The summed E-state index contributed by atoms with van der Waals surface area (Å²) in [6, 6.07) is 0. The summed E-state index contributed by atoms with van der Waals surface area (Å²) in [4.78, 5) is 6.21. The zero-order valence-electron chi connectivity index (χ0n) is 6.07. The van der Waals surface area contributed by atoms with E-state index in [9.17, 15) is 0 Å². The predicted octanol–water partition coefficient (Wildman–Crippen LogP) is 2.65. The topological polar surface area (TPSA) is 18.5 Å². The third-order valence-corrected chi connectivity index (χ3v) is 3.18. The molecule has 1 unspecified atom stereocenters. The Morgan fingerprint density at radius 1 is 1.55 bits per heavy atom. The zero-order valence-corrected chi connectivity index (χ0v) is 7.71. The number of fused-ring (bicyclic) bond motifs is 1. The third-order valence-electron chi connectivity index (χ3n) is 1.54. The Kier molecular flexibility index (Phi) is 2.18. The van der Waals surface area contributed by atoms with Gasteiger partial charge in [-0.05, 0) is 17.9 Å². The van der Waals surface area contributed by atoms with Crippen molar-refractivity contribution in [1.29, 1.82) is 0 Å². The maximum atomic E-state index is 5.01. The van der Waals surface area contributed by atoms with Gasteiger partial charge in [0.2, 0.25) is 0 Å². The Labute approximate surface area is 73.6 Å². The minimum absolute atomic E-state index is 0.165. The van der Waals surface area contributed by atoms with E-state index in [0.29, 0.717) is 0 Å². The van der Waals surface area contributed by atoms with Crippen LogP contribution in [0.3, 0.4) is 0 Å². The molecule has 11 heavy (non-hydrogen) atoms. The van der Waals surface area contributed by atoms with Crippen LogP contribution in [0.25, 0.3) is 0 Å². The largest absolute Gasteiger partial charge is 0.221 e. The summed E-state index contributed by atoms with van der Waals surface area (Å²) in [5, 5.41) is 4.23. The molecule has 0 aromatic carbocycles. The van der Waals surface area contributed by atoms with Crippen molar-refractivity contribution in [3.05, 3.63) is 16.3 Å². The highest BCUT2D eigenvalue weighted by Crippen LogP contribution is 2.31. The first-order chi connectivity index (χ1) is 5.36. The van der Waals surface area contributed by atoms with E-state index in [4.69, 9.17) is 9.22 Å². The average Bonchev–Trinajstić information content (AvgIpc) is 2.31. The van der Waals surface area contributed by atoms with Crippen LogP contribution in [0.2, 0.25) is 0 Å². The molecule has 0 spiro atoms. The van der Waals surface area contributed by atoms with Crippen molar-refractivity contribution < 1.29 is 9.22 Å². The van der Waals surface area contributed by atoms with Crippen molar-refractivity contribution in [3.63, 3.8) is 0 Å². The molecular weight excluding hydrogens is 180 g/mol. The number of rotatable bonds is 0. The van der Waals surface area contributed by atoms with Gasteiger partial charge >= 0.3 is 0 Å². The summed E-state index contributed by atoms with van der Waals surface area (Å²) in [7, 11) is 0. The van der Waals surface area contributed by atoms with Crippen LogP contribution < -0.4 is 0 Å². The van der Waals surface area contributed by atoms with Crippen molar-refractivity contribution in [2.24, 2.45) is 0 Å². The third kappa shape index (κ3) is 1.59. The minimum atomic E-state index is 0.165. The van der Waals surface area contributed by atoms with Gasteiger partial charge in [-0.3, -0.25) is 0 Å². The lowest BCUT2D eigenvalue weighted by Crippen LogP contribution is -2.07. The molecule has 0 radical (unpaired) electrons. The molecule has 1 aliphatic heterocycles. The summed E-state index contributed by atoms with van der Waals surface area (Å²) >= 11 is 3.02. The highest BCUT2D eigenvalue weighted by atomic mass is 32.2. The SMILES string of the molecule is CC1Cc2cscc2SOO1. The van der Waals surface area contributed by atoms with Crippen LogP contribution in [-0.2, 0) is 15.6 Å². The Morgan fingerprint density at radius 2 is 2.45 bits per heavy atom. The summed E-state index contributed by atoms with van der Waals surface area (Å²) < 4.78 is 4.91. The molecule has 0 saturated carbocycles. The van der Waals surface area contributed by atoms with Crippen LogP contribution in [0.4, 0.5) is 0 Å². The van der Waals surface area contributed by atoms with E-state index >= 15 is 0 Å². The van der Waals surface area contributed by atoms with Crippen LogP contribution in [0.1, 0.15) is 12.5 Å². The first-order valence-corrected chi connectivity index (χ1v) is 5.10. The van der Waals surface area contributed by atoms with Crippen molar-refractivity contribution in [1.82, 2.24) is 0 Å². The fourth-order valence-corrected chi connectivity index (χ4v) is 2.63. The molecule has 1 aliphatic rings. The molecule has 0 aliphatic carbocycles. The molecule has 0 saturated heterocycles. The van der Waals surface area contributed by atoms with E-state index in [-0.39, 0.29) is 6.10 Å². The highest BCUT2D eigenvalue weighted by Gasteiger charge is 2.15. The summed E-state index contributed by atoms with van der Waals surface area (Å²) in [5.41, 5.74) is 1.34. The monoisotopic (exact) mass is 188 g/mol. The first kappa shape index (κ1) is 7.61. The molecule has 60 valence electrons. The van der Waals surface area contributed by atoms with E-state index in [0.717, 1.165) is 6.42 Å². The van der Waals surface area contributed by atoms with Gasteiger partial charge in [0.15, 0.2) is 0 Å². The Balaban J connectivity index is 2.26. The molecule has 2 nitrogen and oxygen atoms in total. The van der Waals surface area contributed by atoms with Gasteiger partial charge in [0.05, 0.1) is 23.0 Å². The van der Waals surface area contributed by atoms with Crippen molar-refractivity contribution in [2.45, 2.75) is 24.3 Å². The zero-order chi connectivity index (χ0) is 7.68. The Morgan fingerprint density at radius 3 is 3.36 bits per heavy atom. The number of thiophene rings is 1. The molecule has 4 heteroatoms. The summed E-state index contributed by atoms with van der Waals surface area (Å²) in [5.74, 6) is 0. The molecule has 0 fully saturated rings. The molecule has 1 aromatic heterocycles. The maximum absolute atomic E-state index is 5.01. The number of hydrogen-bond acceptors (Lipinski definition) is 4. The maximum Gasteiger partial charge on any atom is 0.0955 e. The lowest BCUT2D eigenvalue weighted by molar-refractivity contribution is -0.223. The molecule has 0 N–H and O–H groups in total. The summed E-state index contributed by atoms with van der Waals surface area (Å²) in [6.45, 7) is 2.01. The standard InChI is InChI=1S/C7H8O2S2/c1-5-2-6-3-10-4-7(6)11-9-8-5/h3-5H,2H2,1H3. The fraction of sp³-hybridized carbons (Fsp3) is 0.429. The van der Waals surface area contributed by atoms with E-state index in [2.05, 4.69) is 10.8 Å². The van der Waals surface area contributed by atoms with E-state index < -0.39 is 0 Å². The van der Waals surface area contributed by atoms with Crippen molar-refractivity contribution in [2.75, 3.05) is 0 Å².